The summed E-state index contributed by atoms with van der Waals surface area (Å²) in [5.74, 6) is 0.607. The maximum Gasteiger partial charge on any atom is 0.269 e. The molecule has 5 nitrogen and oxygen atoms in total. The zero-order valence-electron chi connectivity index (χ0n) is 11.3. The third-order valence-electron chi connectivity index (χ3n) is 3.96. The summed E-state index contributed by atoms with van der Waals surface area (Å²) < 4.78 is 0. The lowest BCUT2D eigenvalue weighted by molar-refractivity contribution is -0.384. The van der Waals surface area contributed by atoms with Crippen molar-refractivity contribution in [2.45, 2.75) is 25.8 Å². The van der Waals surface area contributed by atoms with Gasteiger partial charge in [-0.1, -0.05) is 19.1 Å². The molecular weight excluding hydrogens is 242 g/mol. The number of rotatable bonds is 4. The lowest BCUT2D eigenvalue weighted by atomic mass is 9.94. The van der Waals surface area contributed by atoms with E-state index >= 15 is 0 Å². The predicted octanol–water partition coefficient (Wildman–Crippen LogP) is 1.81. The van der Waals surface area contributed by atoms with Crippen LogP contribution in [0.3, 0.4) is 0 Å². The molecule has 1 aromatic rings. The fourth-order valence-electron chi connectivity index (χ4n) is 2.44. The number of hydrogen-bond acceptors (Lipinski definition) is 4. The van der Waals surface area contributed by atoms with E-state index in [4.69, 9.17) is 5.73 Å². The Morgan fingerprint density at radius 2 is 2.11 bits per heavy atom. The SMILES string of the molecule is CC1CCN(CCc2ccc([N+](=O)[O-])cc2)CC1N. The van der Waals surface area contributed by atoms with Crippen molar-refractivity contribution in [1.82, 2.24) is 4.90 Å². The van der Waals surface area contributed by atoms with Gasteiger partial charge in [0.15, 0.2) is 0 Å². The molecule has 0 bridgehead atoms. The Morgan fingerprint density at radius 1 is 1.42 bits per heavy atom. The number of nitrogens with two attached hydrogens (primary N) is 1. The molecule has 1 fully saturated rings. The van der Waals surface area contributed by atoms with Crippen LogP contribution in [-0.4, -0.2) is 35.5 Å². The van der Waals surface area contributed by atoms with Gasteiger partial charge in [0.25, 0.3) is 5.69 Å². The smallest absolute Gasteiger partial charge is 0.269 e. The van der Waals surface area contributed by atoms with Crippen molar-refractivity contribution in [2.24, 2.45) is 11.7 Å². The number of hydrogen-bond donors (Lipinski definition) is 1. The standard InChI is InChI=1S/C14H21N3O2/c1-11-6-8-16(10-14(11)15)9-7-12-2-4-13(5-3-12)17(18)19/h2-5,11,14H,6-10,15H2,1H3. The molecule has 2 N–H and O–H groups in total. The summed E-state index contributed by atoms with van der Waals surface area (Å²) in [4.78, 5) is 12.6. The number of non-ortho nitro benzene ring substituents is 1. The lowest BCUT2D eigenvalue weighted by Crippen LogP contribution is -2.48. The zero-order valence-corrected chi connectivity index (χ0v) is 11.3. The summed E-state index contributed by atoms with van der Waals surface area (Å²) in [5, 5.41) is 10.6. The van der Waals surface area contributed by atoms with E-state index in [-0.39, 0.29) is 16.7 Å². The van der Waals surface area contributed by atoms with Crippen LogP contribution >= 0.6 is 0 Å². The molecule has 0 saturated carbocycles. The van der Waals surface area contributed by atoms with Crippen molar-refractivity contribution in [3.8, 4) is 0 Å². The summed E-state index contributed by atoms with van der Waals surface area (Å²) in [6.07, 6.45) is 2.07. The van der Waals surface area contributed by atoms with E-state index < -0.39 is 0 Å². The van der Waals surface area contributed by atoms with Crippen molar-refractivity contribution in [3.63, 3.8) is 0 Å². The Balaban J connectivity index is 1.83. The van der Waals surface area contributed by atoms with Gasteiger partial charge in [0.1, 0.15) is 0 Å². The fraction of sp³-hybridized carbons (Fsp3) is 0.571. The van der Waals surface area contributed by atoms with Crippen LogP contribution < -0.4 is 5.73 Å². The van der Waals surface area contributed by atoms with E-state index in [1.807, 2.05) is 12.1 Å². The van der Waals surface area contributed by atoms with Gasteiger partial charge in [-0.3, -0.25) is 10.1 Å². The summed E-state index contributed by atoms with van der Waals surface area (Å²) in [6, 6.07) is 7.08. The van der Waals surface area contributed by atoms with E-state index in [9.17, 15) is 10.1 Å². The number of nitro benzene ring substituents is 1. The van der Waals surface area contributed by atoms with Gasteiger partial charge >= 0.3 is 0 Å². The number of benzene rings is 1. The normalized spacial score (nSPS) is 24.3. The van der Waals surface area contributed by atoms with Crippen molar-refractivity contribution in [1.29, 1.82) is 0 Å². The minimum atomic E-state index is -0.366. The monoisotopic (exact) mass is 263 g/mol. The molecule has 0 aliphatic carbocycles. The molecule has 2 atom stereocenters. The molecule has 19 heavy (non-hydrogen) atoms. The largest absolute Gasteiger partial charge is 0.326 e. The molecule has 1 saturated heterocycles. The highest BCUT2D eigenvalue weighted by molar-refractivity contribution is 5.32. The second-order valence-electron chi connectivity index (χ2n) is 5.40. The second-order valence-corrected chi connectivity index (χ2v) is 5.40. The number of nitro groups is 1. The summed E-state index contributed by atoms with van der Waals surface area (Å²) in [6.45, 7) is 5.23. The Morgan fingerprint density at radius 3 is 2.68 bits per heavy atom. The van der Waals surface area contributed by atoms with Crippen molar-refractivity contribution in [2.75, 3.05) is 19.6 Å². The van der Waals surface area contributed by atoms with Crippen LogP contribution in [0.2, 0.25) is 0 Å². The van der Waals surface area contributed by atoms with Gasteiger partial charge in [-0.2, -0.15) is 0 Å². The quantitative estimate of drug-likeness (QED) is 0.664. The molecule has 1 aliphatic heterocycles. The van der Waals surface area contributed by atoms with Gasteiger partial charge in [-0.25, -0.2) is 0 Å². The van der Waals surface area contributed by atoms with Crippen LogP contribution in [-0.2, 0) is 6.42 Å². The van der Waals surface area contributed by atoms with Crippen LogP contribution in [0.15, 0.2) is 24.3 Å². The summed E-state index contributed by atoms with van der Waals surface area (Å²) in [5.41, 5.74) is 7.36. The fourth-order valence-corrected chi connectivity index (χ4v) is 2.44. The Bertz CT molecular complexity index is 433. The maximum absolute atomic E-state index is 10.6. The zero-order chi connectivity index (χ0) is 13.8. The van der Waals surface area contributed by atoms with E-state index in [2.05, 4.69) is 11.8 Å². The molecule has 0 aromatic heterocycles. The third kappa shape index (κ3) is 3.75. The third-order valence-corrected chi connectivity index (χ3v) is 3.96. The predicted molar refractivity (Wildman–Crippen MR) is 75.0 cm³/mol. The minimum absolute atomic E-state index is 0.151. The minimum Gasteiger partial charge on any atom is -0.326 e. The first-order chi connectivity index (χ1) is 9.06. The molecule has 2 unspecified atom stereocenters. The van der Waals surface area contributed by atoms with Crippen molar-refractivity contribution >= 4 is 5.69 Å². The number of nitrogens with zero attached hydrogens (tertiary/aromatic N) is 2. The van der Waals surface area contributed by atoms with Gasteiger partial charge in [-0.15, -0.1) is 0 Å². The van der Waals surface area contributed by atoms with E-state index in [0.717, 1.165) is 38.0 Å². The average Bonchev–Trinajstić information content (AvgIpc) is 2.40. The highest BCUT2D eigenvalue weighted by atomic mass is 16.6. The number of likely N-dealkylation sites (tertiary alicyclic amines) is 1. The highest BCUT2D eigenvalue weighted by Gasteiger charge is 2.22. The van der Waals surface area contributed by atoms with E-state index in [0.29, 0.717) is 5.92 Å². The highest BCUT2D eigenvalue weighted by Crippen LogP contribution is 2.17. The topological polar surface area (TPSA) is 72.4 Å². The van der Waals surface area contributed by atoms with Gasteiger partial charge in [0.2, 0.25) is 0 Å². The van der Waals surface area contributed by atoms with Crippen LogP contribution in [0, 0.1) is 16.0 Å². The molecule has 0 spiro atoms. The molecule has 1 aromatic carbocycles. The molecule has 1 aliphatic rings. The molecular formula is C14H21N3O2. The lowest BCUT2D eigenvalue weighted by Gasteiger charge is -2.35. The van der Waals surface area contributed by atoms with Gasteiger partial charge in [-0.05, 0) is 30.9 Å². The van der Waals surface area contributed by atoms with Crippen LogP contribution in [0.25, 0.3) is 0 Å². The molecule has 5 heteroatoms. The van der Waals surface area contributed by atoms with Crippen molar-refractivity contribution < 1.29 is 4.92 Å². The Hall–Kier alpha value is -1.46. The average molecular weight is 263 g/mol. The van der Waals surface area contributed by atoms with E-state index in [1.54, 1.807) is 12.1 Å². The summed E-state index contributed by atoms with van der Waals surface area (Å²) >= 11 is 0. The van der Waals surface area contributed by atoms with Crippen LogP contribution in [0.4, 0.5) is 5.69 Å². The van der Waals surface area contributed by atoms with E-state index in [1.165, 1.54) is 0 Å². The first-order valence-corrected chi connectivity index (χ1v) is 6.77. The maximum atomic E-state index is 10.6. The molecule has 104 valence electrons. The second kappa shape index (κ2) is 6.12. The first-order valence-electron chi connectivity index (χ1n) is 6.77. The first kappa shape index (κ1) is 14.0. The van der Waals surface area contributed by atoms with Crippen molar-refractivity contribution in [3.05, 3.63) is 39.9 Å². The molecule has 1 heterocycles. The Labute approximate surface area is 113 Å². The Kier molecular flexibility index (Phi) is 4.50. The molecule has 2 rings (SSSR count). The molecule has 0 amide bonds. The van der Waals surface area contributed by atoms with Gasteiger partial charge < -0.3 is 10.6 Å². The molecule has 0 radical (unpaired) electrons. The van der Waals surface area contributed by atoms with Gasteiger partial charge in [0, 0.05) is 31.3 Å². The van der Waals surface area contributed by atoms with Gasteiger partial charge in [0.05, 0.1) is 4.92 Å². The summed E-state index contributed by atoms with van der Waals surface area (Å²) in [7, 11) is 0. The van der Waals surface area contributed by atoms with Crippen LogP contribution in [0.5, 0.6) is 0 Å². The van der Waals surface area contributed by atoms with Crippen LogP contribution in [0.1, 0.15) is 18.9 Å². The number of piperidine rings is 1.